The summed E-state index contributed by atoms with van der Waals surface area (Å²) in [7, 11) is -1.64. The molecule has 1 N–H and O–H groups in total. The van der Waals surface area contributed by atoms with Gasteiger partial charge in [-0.15, -0.1) is 0 Å². The number of likely N-dealkylation sites (tertiary alicyclic amines) is 1. The molecule has 1 aromatic carbocycles. The van der Waals surface area contributed by atoms with Gasteiger partial charge in [-0.05, 0) is 70.1 Å². The first kappa shape index (κ1) is 19.3. The molecule has 0 aromatic heterocycles. The predicted molar refractivity (Wildman–Crippen MR) is 96.5 cm³/mol. The third-order valence-electron chi connectivity index (χ3n) is 5.27. The zero-order valence-corrected chi connectivity index (χ0v) is 15.8. The average molecular weight is 383 g/mol. The number of nitrogens with one attached hydrogen (secondary N) is 1. The number of hydrogen-bond donors (Lipinski definition) is 1. The van der Waals surface area contributed by atoms with E-state index in [0.29, 0.717) is 19.4 Å². The van der Waals surface area contributed by atoms with Crippen LogP contribution in [0.2, 0.25) is 0 Å². The van der Waals surface area contributed by atoms with Crippen LogP contribution < -0.4 is 5.32 Å². The molecule has 26 heavy (non-hydrogen) atoms. The molecule has 0 unspecified atom stereocenters. The molecule has 0 spiro atoms. The van der Waals surface area contributed by atoms with Gasteiger partial charge in [-0.3, -0.25) is 4.79 Å². The van der Waals surface area contributed by atoms with Gasteiger partial charge in [0, 0.05) is 19.1 Å². The van der Waals surface area contributed by atoms with Gasteiger partial charge in [-0.25, -0.2) is 12.8 Å². The monoisotopic (exact) mass is 383 g/mol. The fraction of sp³-hybridized carbons (Fsp3) is 0.611. The maximum Gasteiger partial charge on any atom is 0.243 e. The van der Waals surface area contributed by atoms with Gasteiger partial charge in [0.25, 0.3) is 0 Å². The molecule has 2 heterocycles. The van der Waals surface area contributed by atoms with Crippen LogP contribution in [0.5, 0.6) is 0 Å². The van der Waals surface area contributed by atoms with Crippen LogP contribution in [0.1, 0.15) is 25.7 Å². The van der Waals surface area contributed by atoms with E-state index in [9.17, 15) is 17.6 Å². The first-order chi connectivity index (χ1) is 12.4. The average Bonchev–Trinajstić information content (AvgIpc) is 2.64. The summed E-state index contributed by atoms with van der Waals surface area (Å²) in [4.78, 5) is 14.9. The maximum absolute atomic E-state index is 13.1. The van der Waals surface area contributed by atoms with Gasteiger partial charge < -0.3 is 10.2 Å². The Labute approximate surface area is 154 Å². The van der Waals surface area contributed by atoms with Gasteiger partial charge >= 0.3 is 0 Å². The molecule has 2 aliphatic rings. The molecule has 1 atom stereocenters. The van der Waals surface area contributed by atoms with Crippen LogP contribution in [0.25, 0.3) is 0 Å². The topological polar surface area (TPSA) is 69.7 Å². The molecule has 144 valence electrons. The Kier molecular flexibility index (Phi) is 5.94. The lowest BCUT2D eigenvalue weighted by atomic mass is 9.97. The number of rotatable bonds is 4. The zero-order valence-electron chi connectivity index (χ0n) is 15.0. The lowest BCUT2D eigenvalue weighted by Gasteiger charge is -2.34. The van der Waals surface area contributed by atoms with Crippen LogP contribution in [-0.4, -0.2) is 62.8 Å². The van der Waals surface area contributed by atoms with Crippen molar-refractivity contribution < 1.29 is 17.6 Å². The van der Waals surface area contributed by atoms with E-state index in [1.165, 1.54) is 16.4 Å². The first-order valence-corrected chi connectivity index (χ1v) is 10.5. The lowest BCUT2D eigenvalue weighted by Crippen LogP contribution is -2.49. The van der Waals surface area contributed by atoms with Crippen molar-refractivity contribution in [2.24, 2.45) is 5.92 Å². The zero-order chi connectivity index (χ0) is 18.7. The van der Waals surface area contributed by atoms with Crippen LogP contribution >= 0.6 is 0 Å². The minimum absolute atomic E-state index is 0.0569. The first-order valence-electron chi connectivity index (χ1n) is 9.11. The van der Waals surface area contributed by atoms with Crippen molar-refractivity contribution in [2.75, 3.05) is 33.2 Å². The number of nitrogens with zero attached hydrogens (tertiary/aromatic N) is 2. The third kappa shape index (κ3) is 4.42. The molecule has 2 fully saturated rings. The molecule has 2 saturated heterocycles. The quantitative estimate of drug-likeness (QED) is 0.854. The SMILES string of the molecule is CN1CCC(NC(=O)[C@H]2CCCN(S(=O)(=O)c3ccc(F)cc3)C2)CC1. The Bertz CT molecular complexity index is 731. The predicted octanol–water partition coefficient (Wildman–Crippen LogP) is 1.44. The van der Waals surface area contributed by atoms with E-state index in [-0.39, 0.29) is 29.3 Å². The summed E-state index contributed by atoms with van der Waals surface area (Å²) in [6.45, 7) is 2.48. The van der Waals surface area contributed by atoms with E-state index in [2.05, 4.69) is 17.3 Å². The van der Waals surface area contributed by atoms with E-state index in [1.807, 2.05) is 0 Å². The fourth-order valence-corrected chi connectivity index (χ4v) is 5.13. The van der Waals surface area contributed by atoms with E-state index in [4.69, 9.17) is 0 Å². The standard InChI is InChI=1S/C18H26FN3O3S/c1-21-11-8-16(9-12-21)20-18(23)14-3-2-10-22(13-14)26(24,25)17-6-4-15(19)5-7-17/h4-7,14,16H,2-3,8-13H2,1H3,(H,20,23)/t14-/m0/s1. The van der Waals surface area contributed by atoms with Crippen LogP contribution in [0.15, 0.2) is 29.2 Å². The summed E-state index contributed by atoms with van der Waals surface area (Å²) in [5, 5.41) is 3.09. The Morgan fingerprint density at radius 3 is 2.42 bits per heavy atom. The second-order valence-electron chi connectivity index (χ2n) is 7.24. The molecular formula is C18H26FN3O3S. The second kappa shape index (κ2) is 8.02. The molecular weight excluding hydrogens is 357 g/mol. The van der Waals surface area contributed by atoms with Crippen molar-refractivity contribution in [3.63, 3.8) is 0 Å². The molecule has 0 saturated carbocycles. The second-order valence-corrected chi connectivity index (χ2v) is 9.18. The molecule has 8 heteroatoms. The minimum Gasteiger partial charge on any atom is -0.353 e. The Morgan fingerprint density at radius 1 is 1.12 bits per heavy atom. The summed E-state index contributed by atoms with van der Waals surface area (Å²) in [6.07, 6.45) is 3.18. The van der Waals surface area contributed by atoms with Crippen LogP contribution in [0.3, 0.4) is 0 Å². The van der Waals surface area contributed by atoms with Crippen LogP contribution in [0, 0.1) is 11.7 Å². The van der Waals surface area contributed by atoms with Gasteiger partial charge in [0.2, 0.25) is 15.9 Å². The normalized spacial score (nSPS) is 23.7. The van der Waals surface area contributed by atoms with Gasteiger partial charge in [0.15, 0.2) is 0 Å². The van der Waals surface area contributed by atoms with Crippen LogP contribution in [-0.2, 0) is 14.8 Å². The number of halogens is 1. The highest BCUT2D eigenvalue weighted by Gasteiger charge is 2.34. The van der Waals surface area contributed by atoms with Gasteiger partial charge in [-0.2, -0.15) is 4.31 Å². The van der Waals surface area contributed by atoms with E-state index < -0.39 is 15.8 Å². The third-order valence-corrected chi connectivity index (χ3v) is 7.15. The molecule has 6 nitrogen and oxygen atoms in total. The molecule has 1 amide bonds. The van der Waals surface area contributed by atoms with Crippen molar-refractivity contribution >= 4 is 15.9 Å². The summed E-state index contributed by atoms with van der Waals surface area (Å²) < 4.78 is 39.9. The summed E-state index contributed by atoms with van der Waals surface area (Å²) in [5.41, 5.74) is 0. The lowest BCUT2D eigenvalue weighted by molar-refractivity contribution is -0.127. The van der Waals surface area contributed by atoms with E-state index in [1.54, 1.807) is 0 Å². The number of amides is 1. The van der Waals surface area contributed by atoms with Crippen molar-refractivity contribution in [3.8, 4) is 0 Å². The molecule has 0 aliphatic carbocycles. The highest BCUT2D eigenvalue weighted by Crippen LogP contribution is 2.24. The van der Waals surface area contributed by atoms with Gasteiger partial charge in [0.05, 0.1) is 10.8 Å². The van der Waals surface area contributed by atoms with E-state index in [0.717, 1.165) is 38.1 Å². The number of carbonyl (C=O) groups excluding carboxylic acids is 1. The molecule has 0 radical (unpaired) electrons. The number of sulfonamides is 1. The molecule has 2 aliphatic heterocycles. The molecule has 0 bridgehead atoms. The molecule has 3 rings (SSSR count). The Hall–Kier alpha value is -1.51. The van der Waals surface area contributed by atoms with E-state index >= 15 is 0 Å². The van der Waals surface area contributed by atoms with Gasteiger partial charge in [0.1, 0.15) is 5.82 Å². The summed E-state index contributed by atoms with van der Waals surface area (Å²) in [6, 6.07) is 4.99. The number of hydrogen-bond acceptors (Lipinski definition) is 4. The highest BCUT2D eigenvalue weighted by molar-refractivity contribution is 7.89. The van der Waals surface area contributed by atoms with Crippen molar-refractivity contribution in [3.05, 3.63) is 30.1 Å². The Balaban J connectivity index is 1.63. The van der Waals surface area contributed by atoms with Crippen molar-refractivity contribution in [1.29, 1.82) is 0 Å². The summed E-state index contributed by atoms with van der Waals surface area (Å²) >= 11 is 0. The number of piperidine rings is 2. The minimum atomic E-state index is -3.71. The van der Waals surface area contributed by atoms with Crippen molar-refractivity contribution in [2.45, 2.75) is 36.6 Å². The summed E-state index contributed by atoms with van der Waals surface area (Å²) in [5.74, 6) is -0.866. The van der Waals surface area contributed by atoms with Gasteiger partial charge in [-0.1, -0.05) is 0 Å². The Morgan fingerprint density at radius 2 is 1.77 bits per heavy atom. The fourth-order valence-electron chi connectivity index (χ4n) is 3.60. The molecule has 1 aromatic rings. The number of benzene rings is 1. The maximum atomic E-state index is 13.1. The van der Waals surface area contributed by atoms with Crippen molar-refractivity contribution in [1.82, 2.24) is 14.5 Å². The smallest absolute Gasteiger partial charge is 0.243 e. The highest BCUT2D eigenvalue weighted by atomic mass is 32.2. The number of carbonyl (C=O) groups is 1. The van der Waals surface area contributed by atoms with Crippen LogP contribution in [0.4, 0.5) is 4.39 Å². The largest absolute Gasteiger partial charge is 0.353 e.